The molecule has 1 atom stereocenters. The molecule has 5 nitrogen and oxygen atoms in total. The predicted octanol–water partition coefficient (Wildman–Crippen LogP) is 2.14. The van der Waals surface area contributed by atoms with E-state index in [0.29, 0.717) is 5.56 Å². The van der Waals surface area contributed by atoms with Gasteiger partial charge in [-0.05, 0) is 36.2 Å². The molecule has 0 aliphatic carbocycles. The Morgan fingerprint density at radius 1 is 1.13 bits per heavy atom. The number of carbonyl (C=O) groups is 1. The minimum absolute atomic E-state index is 0.0212. The molecule has 0 heterocycles. The first-order valence-electron chi connectivity index (χ1n) is 6.82. The number of hydrogen-bond donors (Lipinski definition) is 1. The summed E-state index contributed by atoms with van der Waals surface area (Å²) in [5, 5.41) is 9.39. The normalized spacial score (nSPS) is 13.0. The van der Waals surface area contributed by atoms with Crippen LogP contribution in [0.1, 0.15) is 5.56 Å². The maximum absolute atomic E-state index is 12.9. The SMILES string of the molecule is CN([C@H](Cc1ccc(F)cc1)C(=O)O)S(=O)(=O)c1ccccc1. The van der Waals surface area contributed by atoms with Gasteiger partial charge >= 0.3 is 5.97 Å². The van der Waals surface area contributed by atoms with Gasteiger partial charge in [-0.15, -0.1) is 0 Å². The summed E-state index contributed by atoms with van der Waals surface area (Å²) in [5.41, 5.74) is 0.536. The summed E-state index contributed by atoms with van der Waals surface area (Å²) < 4.78 is 38.8. The Kier molecular flexibility index (Phi) is 5.12. The second kappa shape index (κ2) is 6.89. The number of sulfonamides is 1. The molecule has 0 radical (unpaired) electrons. The predicted molar refractivity (Wildman–Crippen MR) is 82.9 cm³/mol. The van der Waals surface area contributed by atoms with Gasteiger partial charge in [-0.3, -0.25) is 4.79 Å². The van der Waals surface area contributed by atoms with Crippen molar-refractivity contribution >= 4 is 16.0 Å². The fraction of sp³-hybridized carbons (Fsp3) is 0.188. The van der Waals surface area contributed by atoms with Gasteiger partial charge in [0.1, 0.15) is 11.9 Å². The zero-order chi connectivity index (χ0) is 17.0. The summed E-state index contributed by atoms with van der Waals surface area (Å²) in [5.74, 6) is -1.71. The number of likely N-dealkylation sites (N-methyl/N-ethyl adjacent to an activating group) is 1. The summed E-state index contributed by atoms with van der Waals surface area (Å²) >= 11 is 0. The molecule has 0 aliphatic heterocycles. The number of benzene rings is 2. The molecule has 2 aromatic carbocycles. The Bertz CT molecular complexity index is 775. The first-order valence-corrected chi connectivity index (χ1v) is 8.26. The molecular weight excluding hydrogens is 321 g/mol. The molecule has 2 aromatic rings. The van der Waals surface area contributed by atoms with E-state index in [9.17, 15) is 22.7 Å². The van der Waals surface area contributed by atoms with Gasteiger partial charge in [0.25, 0.3) is 0 Å². The molecule has 0 unspecified atom stereocenters. The van der Waals surface area contributed by atoms with Gasteiger partial charge in [-0.25, -0.2) is 12.8 Å². The highest BCUT2D eigenvalue weighted by molar-refractivity contribution is 7.89. The minimum Gasteiger partial charge on any atom is -0.480 e. The van der Waals surface area contributed by atoms with Crippen LogP contribution in [0, 0.1) is 5.82 Å². The van der Waals surface area contributed by atoms with E-state index in [2.05, 4.69) is 0 Å². The lowest BCUT2D eigenvalue weighted by atomic mass is 10.1. The standard InChI is InChI=1S/C16H16FNO4S/c1-18(23(21,22)14-5-3-2-4-6-14)15(16(19)20)11-12-7-9-13(17)10-8-12/h2-10,15H,11H2,1H3,(H,19,20)/t15-/m1/s1. The van der Waals surface area contributed by atoms with Crippen LogP contribution in [-0.4, -0.2) is 36.9 Å². The van der Waals surface area contributed by atoms with Crippen LogP contribution < -0.4 is 0 Å². The molecule has 0 aliphatic rings. The Morgan fingerprint density at radius 2 is 1.70 bits per heavy atom. The van der Waals surface area contributed by atoms with Gasteiger partial charge in [0.05, 0.1) is 4.90 Å². The van der Waals surface area contributed by atoms with Crippen LogP contribution in [-0.2, 0) is 21.2 Å². The van der Waals surface area contributed by atoms with Crippen LogP contribution in [0.2, 0.25) is 0 Å². The fourth-order valence-electron chi connectivity index (χ4n) is 2.14. The lowest BCUT2D eigenvalue weighted by molar-refractivity contribution is -0.141. The van der Waals surface area contributed by atoms with Gasteiger partial charge in [-0.1, -0.05) is 30.3 Å². The lowest BCUT2D eigenvalue weighted by Crippen LogP contribution is -2.43. The van der Waals surface area contributed by atoms with Gasteiger partial charge < -0.3 is 5.11 Å². The van der Waals surface area contributed by atoms with Crippen LogP contribution in [0.4, 0.5) is 4.39 Å². The average Bonchev–Trinajstić information content (AvgIpc) is 2.54. The molecule has 1 N–H and O–H groups in total. The third-order valence-electron chi connectivity index (χ3n) is 3.49. The minimum atomic E-state index is -3.93. The number of nitrogens with zero attached hydrogens (tertiary/aromatic N) is 1. The van der Waals surface area contributed by atoms with Crippen molar-refractivity contribution in [2.45, 2.75) is 17.4 Å². The number of rotatable bonds is 6. The molecule has 0 saturated heterocycles. The van der Waals surface area contributed by atoms with Gasteiger partial charge in [0, 0.05) is 7.05 Å². The van der Waals surface area contributed by atoms with Gasteiger partial charge in [0.2, 0.25) is 10.0 Å². The molecule has 0 bridgehead atoms. The van der Waals surface area contributed by atoms with E-state index >= 15 is 0 Å². The fourth-order valence-corrected chi connectivity index (χ4v) is 3.47. The number of halogens is 1. The van der Waals surface area contributed by atoms with E-state index in [1.807, 2.05) is 0 Å². The highest BCUT2D eigenvalue weighted by Crippen LogP contribution is 2.19. The number of aliphatic carboxylic acids is 1. The summed E-state index contributed by atoms with van der Waals surface area (Å²) in [4.78, 5) is 11.5. The molecule has 122 valence electrons. The quantitative estimate of drug-likeness (QED) is 0.876. The van der Waals surface area contributed by atoms with Crippen molar-refractivity contribution in [3.63, 3.8) is 0 Å². The third-order valence-corrected chi connectivity index (χ3v) is 5.37. The Hall–Kier alpha value is -2.25. The van der Waals surface area contributed by atoms with Crippen molar-refractivity contribution in [1.29, 1.82) is 0 Å². The summed E-state index contributed by atoms with van der Waals surface area (Å²) in [6.45, 7) is 0. The molecule has 0 amide bonds. The van der Waals surface area contributed by atoms with E-state index in [1.165, 1.54) is 43.4 Å². The first-order chi connectivity index (χ1) is 10.8. The molecular formula is C16H16FNO4S. The maximum atomic E-state index is 12.9. The molecule has 0 saturated carbocycles. The van der Waals surface area contributed by atoms with Crippen LogP contribution in [0.15, 0.2) is 59.5 Å². The van der Waals surface area contributed by atoms with Crippen molar-refractivity contribution in [2.75, 3.05) is 7.05 Å². The van der Waals surface area contributed by atoms with Crippen LogP contribution in [0.5, 0.6) is 0 Å². The van der Waals surface area contributed by atoms with Crippen LogP contribution in [0.3, 0.4) is 0 Å². The average molecular weight is 337 g/mol. The lowest BCUT2D eigenvalue weighted by Gasteiger charge is -2.24. The van der Waals surface area contributed by atoms with Crippen molar-refractivity contribution < 1.29 is 22.7 Å². The number of carboxylic acids is 1. The highest BCUT2D eigenvalue weighted by Gasteiger charge is 2.32. The van der Waals surface area contributed by atoms with Gasteiger partial charge in [0.15, 0.2) is 0 Å². The third kappa shape index (κ3) is 3.94. The topological polar surface area (TPSA) is 74.7 Å². The molecule has 2 rings (SSSR count). The van der Waals surface area contributed by atoms with Crippen LogP contribution in [0.25, 0.3) is 0 Å². The van der Waals surface area contributed by atoms with Crippen molar-refractivity contribution in [1.82, 2.24) is 4.31 Å². The molecule has 0 spiro atoms. The highest BCUT2D eigenvalue weighted by atomic mass is 32.2. The Labute approximate surface area is 134 Å². The summed E-state index contributed by atoms with van der Waals surface area (Å²) in [6.07, 6.45) is -0.0574. The monoisotopic (exact) mass is 337 g/mol. The molecule has 23 heavy (non-hydrogen) atoms. The second-order valence-corrected chi connectivity index (χ2v) is 7.02. The van der Waals surface area contributed by atoms with Crippen molar-refractivity contribution in [3.05, 3.63) is 66.0 Å². The second-order valence-electron chi connectivity index (χ2n) is 5.02. The Balaban J connectivity index is 2.30. The van der Waals surface area contributed by atoms with E-state index in [0.717, 1.165) is 4.31 Å². The van der Waals surface area contributed by atoms with Gasteiger partial charge in [-0.2, -0.15) is 4.31 Å². The van der Waals surface area contributed by atoms with Crippen molar-refractivity contribution in [3.8, 4) is 0 Å². The summed E-state index contributed by atoms with van der Waals surface area (Å²) in [6, 6.07) is 11.6. The van der Waals surface area contributed by atoms with E-state index < -0.39 is 27.9 Å². The van der Waals surface area contributed by atoms with Crippen molar-refractivity contribution in [2.24, 2.45) is 0 Å². The van der Waals surface area contributed by atoms with E-state index in [4.69, 9.17) is 0 Å². The first kappa shape index (κ1) is 17.1. The molecule has 7 heteroatoms. The largest absolute Gasteiger partial charge is 0.480 e. The summed E-state index contributed by atoms with van der Waals surface area (Å²) in [7, 11) is -2.71. The van der Waals surface area contributed by atoms with E-state index in [-0.39, 0.29) is 11.3 Å². The molecule has 0 fully saturated rings. The zero-order valence-corrected chi connectivity index (χ0v) is 13.2. The Morgan fingerprint density at radius 3 is 2.22 bits per heavy atom. The van der Waals surface area contributed by atoms with E-state index in [1.54, 1.807) is 18.2 Å². The number of carboxylic acid groups (broad SMARTS) is 1. The molecule has 0 aromatic heterocycles. The smallest absolute Gasteiger partial charge is 0.322 e. The maximum Gasteiger partial charge on any atom is 0.322 e. The number of hydrogen-bond acceptors (Lipinski definition) is 3. The zero-order valence-electron chi connectivity index (χ0n) is 12.4. The van der Waals surface area contributed by atoms with Crippen LogP contribution >= 0.6 is 0 Å².